The lowest BCUT2D eigenvalue weighted by Gasteiger charge is -2.41. The van der Waals surface area contributed by atoms with Gasteiger partial charge in [-0.05, 0) is 0 Å². The molecule has 0 rings (SSSR count). The second-order valence-electron chi connectivity index (χ2n) is 8.02. The summed E-state index contributed by atoms with van der Waals surface area (Å²) in [7, 11) is 0. The van der Waals surface area contributed by atoms with Crippen molar-refractivity contribution >= 4 is 0 Å². The second kappa shape index (κ2) is 10.5. The van der Waals surface area contributed by atoms with Crippen molar-refractivity contribution in [3.05, 3.63) is 0 Å². The van der Waals surface area contributed by atoms with Crippen LogP contribution in [0.4, 0.5) is 132 Å². The van der Waals surface area contributed by atoms with Crippen molar-refractivity contribution in [1.82, 2.24) is 0 Å². The Morgan fingerprint density at radius 1 is 0.174 bits per heavy atom. The number of hydrogen-bond acceptors (Lipinski definition) is 2. The van der Waals surface area contributed by atoms with Gasteiger partial charge < -0.3 is 0 Å². The molecule has 0 radical (unpaired) electrons. The summed E-state index contributed by atoms with van der Waals surface area (Å²) in [6, 6.07) is -17.0. The summed E-state index contributed by atoms with van der Waals surface area (Å²) in [6.45, 7) is 0. The van der Waals surface area contributed by atoms with Crippen LogP contribution in [0.3, 0.4) is 0 Å². The van der Waals surface area contributed by atoms with Crippen LogP contribution < -0.4 is 0 Å². The summed E-state index contributed by atoms with van der Waals surface area (Å²) in [4.78, 5) is 0. The zero-order valence-corrected chi connectivity index (χ0v) is 19.2. The zero-order chi connectivity index (χ0) is 38.4. The molecule has 276 valence electrons. The van der Waals surface area contributed by atoms with E-state index in [0.29, 0.717) is 0 Å². The number of nitrogens with zero attached hydrogens (tertiary/aromatic N) is 2. The lowest BCUT2D eigenvalue weighted by Crippen LogP contribution is -2.72. The van der Waals surface area contributed by atoms with E-state index in [1.807, 2.05) is 0 Å². The van der Waals surface area contributed by atoms with Crippen LogP contribution in [-0.2, 0) is 0 Å². The van der Waals surface area contributed by atoms with Gasteiger partial charge in [-0.1, -0.05) is 0 Å². The fraction of sp³-hybridized carbons (Fsp3) is 1.00. The molecule has 0 aromatic heterocycles. The molecule has 0 spiro atoms. The maximum absolute atomic E-state index is 13.4. The molecule has 0 unspecified atom stereocenters. The van der Waals surface area contributed by atoms with Crippen LogP contribution in [0.25, 0.3) is 0 Å². The fourth-order valence-corrected chi connectivity index (χ4v) is 2.17. The quantitative estimate of drug-likeness (QED) is 0.107. The molecule has 0 aliphatic carbocycles. The first-order chi connectivity index (χ1) is 19.2. The molecule has 0 aliphatic rings. The molecule has 46 heavy (non-hydrogen) atoms. The Labute approximate surface area is 227 Å². The Morgan fingerprint density at radius 3 is 0.457 bits per heavy atom. The van der Waals surface area contributed by atoms with Crippen molar-refractivity contribution in [3.8, 4) is 0 Å². The number of alkyl halides is 30. The SMILES string of the molecule is FC(F)(F)C(F)(F)C(F)(F)C(F)(F)C(F)(F)C(F)(F)C(F)(F)N=NC(F)(F)C(F)(F)C(F)(F)C(F)(F)C(F)(F)C(F)(F)C(F)(F)F. The maximum Gasteiger partial charge on any atom is 0.460 e. The first-order valence-corrected chi connectivity index (χ1v) is 9.32. The molecular formula is C14F30N2. The molecule has 2 nitrogen and oxygen atoms in total. The van der Waals surface area contributed by atoms with Crippen molar-refractivity contribution in [2.45, 2.75) is 83.7 Å². The molecule has 32 heteroatoms. The fourth-order valence-electron chi connectivity index (χ4n) is 2.17. The minimum atomic E-state index is -9.21. The number of rotatable bonds is 12. The Morgan fingerprint density at radius 2 is 0.304 bits per heavy atom. The van der Waals surface area contributed by atoms with Gasteiger partial charge in [-0.15, -0.1) is 10.2 Å². The van der Waals surface area contributed by atoms with Crippen LogP contribution in [0.5, 0.6) is 0 Å². The molecule has 0 bridgehead atoms. The molecule has 0 heterocycles. The molecule has 0 aromatic rings. The predicted octanol–water partition coefficient (Wildman–Crippen LogP) is 10.1. The highest BCUT2D eigenvalue weighted by Crippen LogP contribution is 2.64. The van der Waals surface area contributed by atoms with E-state index in [4.69, 9.17) is 0 Å². The van der Waals surface area contributed by atoms with Gasteiger partial charge in [0.2, 0.25) is 0 Å². The van der Waals surface area contributed by atoms with Gasteiger partial charge in [0.1, 0.15) is 0 Å². The van der Waals surface area contributed by atoms with Gasteiger partial charge >= 0.3 is 83.7 Å². The predicted molar refractivity (Wildman–Crippen MR) is 76.3 cm³/mol. The Balaban J connectivity index is 7.12. The monoisotopic (exact) mass is 766 g/mol. The molecule has 0 saturated carbocycles. The first kappa shape index (κ1) is 43.5. The van der Waals surface area contributed by atoms with E-state index in [-0.39, 0.29) is 0 Å². The van der Waals surface area contributed by atoms with E-state index >= 15 is 0 Å². The molecule has 0 amide bonds. The highest BCUT2D eigenvalue weighted by molar-refractivity contribution is 5.14. The zero-order valence-electron chi connectivity index (χ0n) is 19.2. The van der Waals surface area contributed by atoms with Crippen LogP contribution in [0.1, 0.15) is 0 Å². The molecule has 0 fully saturated rings. The van der Waals surface area contributed by atoms with Crippen LogP contribution in [-0.4, -0.2) is 83.7 Å². The highest BCUT2D eigenvalue weighted by atomic mass is 19.4. The summed E-state index contributed by atoms with van der Waals surface area (Å²) in [5.41, 5.74) is 0. The highest BCUT2D eigenvalue weighted by Gasteiger charge is 2.95. The van der Waals surface area contributed by atoms with Crippen molar-refractivity contribution in [1.29, 1.82) is 0 Å². The van der Waals surface area contributed by atoms with Crippen LogP contribution >= 0.6 is 0 Å². The standard InChI is InChI=1S/C14F30N2/c15-1(16,3(19,20)7(27,28)11(35,36)37)5(23,24)9(31,32)13(41,42)45-46-14(43,44)10(33,34)6(25,26)2(17,18)4(21,22)8(29,30)12(38,39)40. The van der Waals surface area contributed by atoms with Crippen molar-refractivity contribution in [3.63, 3.8) is 0 Å². The van der Waals surface area contributed by atoms with Crippen LogP contribution in [0.2, 0.25) is 0 Å². The molecule has 0 aromatic carbocycles. The third-order valence-corrected chi connectivity index (χ3v) is 4.92. The van der Waals surface area contributed by atoms with E-state index in [2.05, 4.69) is 0 Å². The molecule has 0 N–H and O–H groups in total. The Bertz CT molecular complexity index is 1050. The first-order valence-electron chi connectivity index (χ1n) is 9.32. The van der Waals surface area contributed by atoms with Gasteiger partial charge in [0, 0.05) is 0 Å². The van der Waals surface area contributed by atoms with Gasteiger partial charge in [-0.2, -0.15) is 132 Å². The van der Waals surface area contributed by atoms with Crippen LogP contribution in [0, 0.1) is 0 Å². The molecule has 0 atom stereocenters. The van der Waals surface area contributed by atoms with E-state index in [0.717, 1.165) is 0 Å². The number of halogens is 30. The van der Waals surface area contributed by atoms with Gasteiger partial charge in [-0.25, -0.2) is 0 Å². The van der Waals surface area contributed by atoms with Crippen molar-refractivity contribution < 1.29 is 132 Å². The molecule has 0 saturated heterocycles. The summed E-state index contributed by atoms with van der Waals surface area (Å²) in [5, 5.41) is -0.932. The molecule has 0 aliphatic heterocycles. The van der Waals surface area contributed by atoms with Gasteiger partial charge in [-0.3, -0.25) is 0 Å². The second-order valence-corrected chi connectivity index (χ2v) is 8.02. The van der Waals surface area contributed by atoms with E-state index < -0.39 is 93.9 Å². The van der Waals surface area contributed by atoms with E-state index in [1.165, 1.54) is 0 Å². The Hall–Kier alpha value is -2.50. The summed E-state index contributed by atoms with van der Waals surface area (Å²) in [5.74, 6) is -90.0. The summed E-state index contributed by atoms with van der Waals surface area (Å²) < 4.78 is 388. The maximum atomic E-state index is 13.4. The minimum Gasteiger partial charge on any atom is -0.192 e. The van der Waals surface area contributed by atoms with E-state index in [9.17, 15) is 132 Å². The van der Waals surface area contributed by atoms with Crippen LogP contribution in [0.15, 0.2) is 10.2 Å². The van der Waals surface area contributed by atoms with Gasteiger partial charge in [0.15, 0.2) is 0 Å². The number of azo groups is 1. The van der Waals surface area contributed by atoms with E-state index in [1.54, 1.807) is 0 Å². The summed E-state index contributed by atoms with van der Waals surface area (Å²) >= 11 is 0. The average molecular weight is 766 g/mol. The normalized spacial score (nSPS) is 17.3. The lowest BCUT2D eigenvalue weighted by atomic mass is 9.93. The summed E-state index contributed by atoms with van der Waals surface area (Å²) in [6.07, 6.45) is -16.3. The Kier molecular flexibility index (Phi) is 9.93. The smallest absolute Gasteiger partial charge is 0.192 e. The average Bonchev–Trinajstić information content (AvgIpc) is 2.80. The largest absolute Gasteiger partial charge is 0.460 e. The lowest BCUT2D eigenvalue weighted by molar-refractivity contribution is -0.454. The third kappa shape index (κ3) is 5.38. The van der Waals surface area contributed by atoms with Gasteiger partial charge in [0.05, 0.1) is 0 Å². The van der Waals surface area contributed by atoms with Crippen molar-refractivity contribution in [2.24, 2.45) is 10.2 Å². The minimum absolute atomic E-state index is 0.466. The molecular weight excluding hydrogens is 766 g/mol. The third-order valence-electron chi connectivity index (χ3n) is 4.92. The van der Waals surface area contributed by atoms with Gasteiger partial charge in [0.25, 0.3) is 0 Å². The van der Waals surface area contributed by atoms with Crippen molar-refractivity contribution in [2.75, 3.05) is 0 Å². The topological polar surface area (TPSA) is 24.7 Å². The number of hydrogen-bond donors (Lipinski definition) is 0.